The Kier molecular flexibility index (Phi) is 6.09. The molecule has 3 aromatic rings. The second-order valence-electron chi connectivity index (χ2n) is 6.88. The summed E-state index contributed by atoms with van der Waals surface area (Å²) in [7, 11) is 1.95. The molecule has 0 unspecified atom stereocenters. The van der Waals surface area contributed by atoms with E-state index in [1.54, 1.807) is 6.07 Å². The van der Waals surface area contributed by atoms with Crippen LogP contribution >= 0.6 is 0 Å². The summed E-state index contributed by atoms with van der Waals surface area (Å²) in [5, 5.41) is 9.12. The molecule has 1 N–H and O–H groups in total. The van der Waals surface area contributed by atoms with E-state index in [1.165, 1.54) is 0 Å². The van der Waals surface area contributed by atoms with E-state index in [0.717, 1.165) is 22.4 Å². The Bertz CT molecular complexity index is 984. The highest BCUT2D eigenvalue weighted by molar-refractivity contribution is 5.71. The number of carboxylic acid groups (broad SMARTS) is 1. The lowest BCUT2D eigenvalue weighted by Crippen LogP contribution is -2.18. The van der Waals surface area contributed by atoms with Crippen molar-refractivity contribution in [2.75, 3.05) is 11.9 Å². The number of carbonyl (C=O) groups is 1. The minimum atomic E-state index is -0.844. The average Bonchev–Trinajstić information content (AvgIpc) is 2.69. The minimum absolute atomic E-state index is 0.000918. The smallest absolute Gasteiger partial charge is 0.307 e. The number of aryl methyl sites for hydroxylation is 1. The summed E-state index contributed by atoms with van der Waals surface area (Å²) >= 11 is 0. The zero-order chi connectivity index (χ0) is 20.1. The van der Waals surface area contributed by atoms with Crippen molar-refractivity contribution in [3.05, 3.63) is 89.2 Å². The molecule has 3 aromatic carbocycles. The maximum Gasteiger partial charge on any atom is 0.307 e. The van der Waals surface area contributed by atoms with Gasteiger partial charge >= 0.3 is 5.97 Å². The number of hydrogen-bond donors (Lipinski definition) is 1. The third kappa shape index (κ3) is 4.39. The molecule has 3 rings (SSSR count). The Hall–Kier alpha value is -3.14. The number of anilines is 1. The van der Waals surface area contributed by atoms with Crippen molar-refractivity contribution in [2.24, 2.45) is 0 Å². The Balaban J connectivity index is 1.88. The Morgan fingerprint density at radius 2 is 1.64 bits per heavy atom. The standard InChI is InChI=1S/C24H24FNO2/c1-3-17-10-7-13-22(24(17)25)19-11-6-12-21(14-19)26(2)16-20-9-5-4-8-18(20)15-23(27)28/h4-14H,3,15-16H2,1-2H3,(H,27,28). The lowest BCUT2D eigenvalue weighted by atomic mass is 10.00. The largest absolute Gasteiger partial charge is 0.481 e. The Morgan fingerprint density at radius 1 is 0.964 bits per heavy atom. The van der Waals surface area contributed by atoms with Crippen LogP contribution in [0.1, 0.15) is 23.6 Å². The molecule has 0 aliphatic heterocycles. The maximum atomic E-state index is 14.7. The topological polar surface area (TPSA) is 40.5 Å². The zero-order valence-electron chi connectivity index (χ0n) is 16.2. The average molecular weight is 377 g/mol. The van der Waals surface area contributed by atoms with Crippen LogP contribution in [0.4, 0.5) is 10.1 Å². The van der Waals surface area contributed by atoms with E-state index in [-0.39, 0.29) is 12.2 Å². The van der Waals surface area contributed by atoms with Gasteiger partial charge in [-0.05, 0) is 40.8 Å². The number of carboxylic acids is 1. The van der Waals surface area contributed by atoms with Crippen LogP contribution in [0.25, 0.3) is 11.1 Å². The molecular weight excluding hydrogens is 353 g/mol. The quantitative estimate of drug-likeness (QED) is 0.606. The first-order chi connectivity index (χ1) is 13.5. The summed E-state index contributed by atoms with van der Waals surface area (Å²) in [6.07, 6.45) is 0.651. The highest BCUT2D eigenvalue weighted by atomic mass is 19.1. The fraction of sp³-hybridized carbons (Fsp3) is 0.208. The molecule has 3 nitrogen and oxygen atoms in total. The van der Waals surface area contributed by atoms with Gasteiger partial charge in [0.25, 0.3) is 0 Å². The van der Waals surface area contributed by atoms with Gasteiger partial charge in [0.2, 0.25) is 0 Å². The van der Waals surface area contributed by atoms with Crippen molar-refractivity contribution in [1.82, 2.24) is 0 Å². The maximum absolute atomic E-state index is 14.7. The van der Waals surface area contributed by atoms with Gasteiger partial charge in [0.15, 0.2) is 0 Å². The molecule has 0 heterocycles. The summed E-state index contributed by atoms with van der Waals surface area (Å²) in [6.45, 7) is 2.52. The fourth-order valence-corrected chi connectivity index (χ4v) is 3.38. The first kappa shape index (κ1) is 19.6. The number of halogens is 1. The van der Waals surface area contributed by atoms with E-state index >= 15 is 0 Å². The van der Waals surface area contributed by atoms with E-state index in [9.17, 15) is 9.18 Å². The van der Waals surface area contributed by atoms with Crippen molar-refractivity contribution >= 4 is 11.7 Å². The Labute approximate surface area is 165 Å². The van der Waals surface area contributed by atoms with Gasteiger partial charge in [0.1, 0.15) is 5.82 Å². The van der Waals surface area contributed by atoms with E-state index in [1.807, 2.05) is 79.5 Å². The molecule has 28 heavy (non-hydrogen) atoms. The summed E-state index contributed by atoms with van der Waals surface area (Å²) in [5.74, 6) is -1.01. The van der Waals surface area contributed by atoms with Crippen LogP contribution in [0.3, 0.4) is 0 Å². The van der Waals surface area contributed by atoms with Crippen molar-refractivity contribution in [2.45, 2.75) is 26.3 Å². The van der Waals surface area contributed by atoms with Gasteiger partial charge in [0.05, 0.1) is 6.42 Å². The lowest BCUT2D eigenvalue weighted by molar-refractivity contribution is -0.136. The summed E-state index contributed by atoms with van der Waals surface area (Å²) in [5.41, 5.74) is 4.86. The molecule has 0 atom stereocenters. The molecule has 0 radical (unpaired) electrons. The second-order valence-corrected chi connectivity index (χ2v) is 6.88. The molecule has 144 valence electrons. The predicted molar refractivity (Wildman–Crippen MR) is 111 cm³/mol. The third-order valence-corrected chi connectivity index (χ3v) is 4.93. The van der Waals surface area contributed by atoms with E-state index < -0.39 is 5.97 Å². The number of benzene rings is 3. The second kappa shape index (κ2) is 8.70. The summed E-state index contributed by atoms with van der Waals surface area (Å²) in [6, 6.07) is 20.8. The molecular formula is C24H24FNO2. The van der Waals surface area contributed by atoms with Crippen LogP contribution < -0.4 is 4.90 Å². The van der Waals surface area contributed by atoms with Crippen molar-refractivity contribution in [3.63, 3.8) is 0 Å². The van der Waals surface area contributed by atoms with Crippen LogP contribution in [-0.4, -0.2) is 18.1 Å². The highest BCUT2D eigenvalue weighted by Crippen LogP contribution is 2.29. The van der Waals surface area contributed by atoms with E-state index in [0.29, 0.717) is 24.1 Å². The van der Waals surface area contributed by atoms with E-state index in [2.05, 4.69) is 0 Å². The molecule has 0 saturated carbocycles. The van der Waals surface area contributed by atoms with Crippen LogP contribution in [0.2, 0.25) is 0 Å². The van der Waals surface area contributed by atoms with Gasteiger partial charge in [-0.1, -0.05) is 61.5 Å². The van der Waals surface area contributed by atoms with Crippen LogP contribution in [0.15, 0.2) is 66.7 Å². The van der Waals surface area contributed by atoms with Crippen molar-refractivity contribution in [1.29, 1.82) is 0 Å². The molecule has 4 heteroatoms. The normalized spacial score (nSPS) is 10.7. The van der Waals surface area contributed by atoms with Gasteiger partial charge < -0.3 is 10.0 Å². The van der Waals surface area contributed by atoms with Gasteiger partial charge in [-0.15, -0.1) is 0 Å². The first-order valence-electron chi connectivity index (χ1n) is 9.37. The van der Waals surface area contributed by atoms with Crippen LogP contribution in [0, 0.1) is 5.82 Å². The molecule has 0 aliphatic carbocycles. The molecule has 0 bridgehead atoms. The number of rotatable bonds is 7. The van der Waals surface area contributed by atoms with E-state index in [4.69, 9.17) is 5.11 Å². The number of hydrogen-bond acceptors (Lipinski definition) is 2. The molecule has 0 spiro atoms. The van der Waals surface area contributed by atoms with Crippen LogP contribution in [0.5, 0.6) is 0 Å². The van der Waals surface area contributed by atoms with Gasteiger partial charge in [-0.3, -0.25) is 4.79 Å². The van der Waals surface area contributed by atoms with Gasteiger partial charge in [0, 0.05) is 24.8 Å². The molecule has 0 amide bonds. The third-order valence-electron chi connectivity index (χ3n) is 4.93. The zero-order valence-corrected chi connectivity index (χ0v) is 16.2. The molecule has 0 aliphatic rings. The Morgan fingerprint density at radius 3 is 2.36 bits per heavy atom. The molecule has 0 fully saturated rings. The van der Waals surface area contributed by atoms with Crippen molar-refractivity contribution in [3.8, 4) is 11.1 Å². The van der Waals surface area contributed by atoms with Gasteiger partial charge in [-0.2, -0.15) is 0 Å². The van der Waals surface area contributed by atoms with Crippen LogP contribution in [-0.2, 0) is 24.2 Å². The van der Waals surface area contributed by atoms with Crippen molar-refractivity contribution < 1.29 is 14.3 Å². The predicted octanol–water partition coefficient (Wildman–Crippen LogP) is 5.32. The van der Waals surface area contributed by atoms with Gasteiger partial charge in [-0.25, -0.2) is 4.39 Å². The fourth-order valence-electron chi connectivity index (χ4n) is 3.38. The summed E-state index contributed by atoms with van der Waals surface area (Å²) in [4.78, 5) is 13.2. The molecule has 0 aromatic heterocycles. The minimum Gasteiger partial charge on any atom is -0.481 e. The lowest BCUT2D eigenvalue weighted by Gasteiger charge is -2.22. The SMILES string of the molecule is CCc1cccc(-c2cccc(N(C)Cc3ccccc3CC(=O)O)c2)c1F. The highest BCUT2D eigenvalue weighted by Gasteiger charge is 2.12. The first-order valence-corrected chi connectivity index (χ1v) is 9.37. The number of nitrogens with zero attached hydrogens (tertiary/aromatic N) is 1. The molecule has 0 saturated heterocycles. The monoisotopic (exact) mass is 377 g/mol. The summed E-state index contributed by atoms with van der Waals surface area (Å²) < 4.78 is 14.7. The number of aliphatic carboxylic acids is 1.